The van der Waals surface area contributed by atoms with Crippen molar-refractivity contribution in [3.63, 3.8) is 0 Å². The fourth-order valence-corrected chi connectivity index (χ4v) is 4.18. The lowest BCUT2D eigenvalue weighted by Gasteiger charge is -2.32. The lowest BCUT2D eigenvalue weighted by atomic mass is 9.96. The highest BCUT2D eigenvalue weighted by molar-refractivity contribution is 5.83. The van der Waals surface area contributed by atoms with E-state index in [1.807, 2.05) is 29.2 Å². The van der Waals surface area contributed by atoms with Crippen LogP contribution in [0.4, 0.5) is 0 Å². The van der Waals surface area contributed by atoms with E-state index >= 15 is 0 Å². The van der Waals surface area contributed by atoms with Gasteiger partial charge < -0.3 is 15.1 Å². The van der Waals surface area contributed by atoms with Gasteiger partial charge in [0.05, 0.1) is 11.6 Å². The standard InChI is InChI=1S/C22H28N6O3/c29-20-3-1-10-26(20)11-2-12-27-14-18(6-9-21(27)30)22(31)24-13-17-4-7-19(8-5-17)28-16-23-15-25-28/h4-5,7-8,15-16,18H,1-3,6,9-14H2,(H,24,31). The zero-order valence-corrected chi connectivity index (χ0v) is 17.6. The van der Waals surface area contributed by atoms with Crippen molar-refractivity contribution < 1.29 is 14.4 Å². The first-order chi connectivity index (χ1) is 15.1. The molecule has 0 spiro atoms. The molecular formula is C22H28N6O3. The smallest absolute Gasteiger partial charge is 0.225 e. The largest absolute Gasteiger partial charge is 0.352 e. The number of hydrogen-bond acceptors (Lipinski definition) is 5. The minimum Gasteiger partial charge on any atom is -0.352 e. The minimum absolute atomic E-state index is 0.0208. The van der Waals surface area contributed by atoms with Crippen LogP contribution in [-0.4, -0.2) is 68.5 Å². The second-order valence-corrected chi connectivity index (χ2v) is 8.14. The van der Waals surface area contributed by atoms with Crippen molar-refractivity contribution in [3.8, 4) is 5.69 Å². The van der Waals surface area contributed by atoms with E-state index in [0.717, 1.165) is 30.6 Å². The summed E-state index contributed by atoms with van der Waals surface area (Å²) in [6, 6.07) is 7.77. The van der Waals surface area contributed by atoms with Crippen LogP contribution >= 0.6 is 0 Å². The van der Waals surface area contributed by atoms with Gasteiger partial charge in [0.2, 0.25) is 17.7 Å². The molecule has 1 atom stereocenters. The monoisotopic (exact) mass is 424 g/mol. The van der Waals surface area contributed by atoms with Crippen LogP contribution < -0.4 is 5.32 Å². The molecular weight excluding hydrogens is 396 g/mol. The molecule has 31 heavy (non-hydrogen) atoms. The molecule has 4 rings (SSSR count). The topological polar surface area (TPSA) is 100 Å². The highest BCUT2D eigenvalue weighted by Gasteiger charge is 2.30. The average molecular weight is 425 g/mol. The number of rotatable bonds is 8. The van der Waals surface area contributed by atoms with E-state index < -0.39 is 0 Å². The summed E-state index contributed by atoms with van der Waals surface area (Å²) in [5.41, 5.74) is 1.90. The summed E-state index contributed by atoms with van der Waals surface area (Å²) in [7, 11) is 0. The first-order valence-electron chi connectivity index (χ1n) is 10.9. The van der Waals surface area contributed by atoms with E-state index in [9.17, 15) is 14.4 Å². The highest BCUT2D eigenvalue weighted by Crippen LogP contribution is 2.19. The molecule has 3 heterocycles. The fourth-order valence-electron chi connectivity index (χ4n) is 4.18. The molecule has 1 unspecified atom stereocenters. The first-order valence-corrected chi connectivity index (χ1v) is 10.9. The van der Waals surface area contributed by atoms with Gasteiger partial charge >= 0.3 is 0 Å². The highest BCUT2D eigenvalue weighted by atomic mass is 16.2. The molecule has 164 valence electrons. The first kappa shape index (κ1) is 21.0. The van der Waals surface area contributed by atoms with E-state index in [2.05, 4.69) is 15.4 Å². The van der Waals surface area contributed by atoms with E-state index in [1.54, 1.807) is 15.9 Å². The lowest BCUT2D eigenvalue weighted by Crippen LogP contribution is -2.46. The normalized spacial score (nSPS) is 19.2. The van der Waals surface area contributed by atoms with Crippen molar-refractivity contribution in [2.24, 2.45) is 5.92 Å². The molecule has 0 bridgehead atoms. The van der Waals surface area contributed by atoms with Gasteiger partial charge in [-0.2, -0.15) is 5.10 Å². The molecule has 2 aliphatic rings. The summed E-state index contributed by atoms with van der Waals surface area (Å²) in [6.45, 7) is 2.99. The lowest BCUT2D eigenvalue weighted by molar-refractivity contribution is -0.138. The molecule has 1 aromatic heterocycles. The Morgan fingerprint density at radius 1 is 1.06 bits per heavy atom. The molecule has 2 fully saturated rings. The van der Waals surface area contributed by atoms with Crippen molar-refractivity contribution >= 4 is 17.7 Å². The third-order valence-electron chi connectivity index (χ3n) is 5.98. The number of nitrogens with one attached hydrogen (secondary N) is 1. The van der Waals surface area contributed by atoms with Gasteiger partial charge in [-0.15, -0.1) is 0 Å². The molecule has 0 radical (unpaired) electrons. The summed E-state index contributed by atoms with van der Waals surface area (Å²) in [5, 5.41) is 7.10. The molecule has 1 N–H and O–H groups in total. The second-order valence-electron chi connectivity index (χ2n) is 8.14. The van der Waals surface area contributed by atoms with Crippen LogP contribution in [0, 0.1) is 5.92 Å². The van der Waals surface area contributed by atoms with Crippen LogP contribution in [-0.2, 0) is 20.9 Å². The van der Waals surface area contributed by atoms with Crippen LogP contribution in [0.15, 0.2) is 36.9 Å². The van der Waals surface area contributed by atoms with Gasteiger partial charge in [-0.3, -0.25) is 14.4 Å². The Balaban J connectivity index is 1.23. The number of aromatic nitrogens is 3. The Bertz CT molecular complexity index is 912. The third kappa shape index (κ3) is 5.28. The van der Waals surface area contributed by atoms with Gasteiger partial charge in [0.15, 0.2) is 0 Å². The van der Waals surface area contributed by atoms with E-state index in [4.69, 9.17) is 0 Å². The maximum absolute atomic E-state index is 12.7. The van der Waals surface area contributed by atoms with Gasteiger partial charge in [0.1, 0.15) is 12.7 Å². The number of benzene rings is 1. The Labute approximate surface area is 181 Å². The summed E-state index contributed by atoms with van der Waals surface area (Å²) in [6.07, 6.45) is 6.41. The Kier molecular flexibility index (Phi) is 6.59. The quantitative estimate of drug-likeness (QED) is 0.685. The molecule has 9 nitrogen and oxygen atoms in total. The number of amides is 3. The molecule has 2 aromatic rings. The van der Waals surface area contributed by atoms with Crippen LogP contribution in [0.3, 0.4) is 0 Å². The minimum atomic E-state index is -0.194. The van der Waals surface area contributed by atoms with E-state index in [0.29, 0.717) is 45.4 Å². The van der Waals surface area contributed by atoms with Gasteiger partial charge in [0, 0.05) is 45.6 Å². The van der Waals surface area contributed by atoms with Crippen LogP contribution in [0.2, 0.25) is 0 Å². The Morgan fingerprint density at radius 3 is 2.55 bits per heavy atom. The summed E-state index contributed by atoms with van der Waals surface area (Å²) < 4.78 is 1.68. The molecule has 3 amide bonds. The number of piperidine rings is 1. The summed E-state index contributed by atoms with van der Waals surface area (Å²) in [5.74, 6) is 0.0881. The van der Waals surface area contributed by atoms with Crippen molar-refractivity contribution in [3.05, 3.63) is 42.5 Å². The Hall–Kier alpha value is -3.23. The fraction of sp³-hybridized carbons (Fsp3) is 0.500. The molecule has 0 saturated carbocycles. The van der Waals surface area contributed by atoms with Gasteiger partial charge in [0.25, 0.3) is 0 Å². The summed E-state index contributed by atoms with van der Waals surface area (Å²) in [4.78, 5) is 44.2. The number of carbonyl (C=O) groups is 3. The van der Waals surface area contributed by atoms with Crippen LogP contribution in [0.1, 0.15) is 37.7 Å². The maximum atomic E-state index is 12.7. The van der Waals surface area contributed by atoms with Crippen molar-refractivity contribution in [1.29, 1.82) is 0 Å². The van der Waals surface area contributed by atoms with Gasteiger partial charge in [-0.25, -0.2) is 9.67 Å². The SMILES string of the molecule is O=C(NCc1ccc(-n2cncn2)cc1)C1CCC(=O)N(CCCN2CCCC2=O)C1. The van der Waals surface area contributed by atoms with Crippen LogP contribution in [0.25, 0.3) is 5.69 Å². The number of carbonyl (C=O) groups excluding carboxylic acids is 3. The van der Waals surface area contributed by atoms with Crippen molar-refractivity contribution in [2.45, 2.75) is 38.6 Å². The predicted octanol–water partition coefficient (Wildman–Crippen LogP) is 1.13. The van der Waals surface area contributed by atoms with Crippen molar-refractivity contribution in [1.82, 2.24) is 29.9 Å². The molecule has 9 heteroatoms. The zero-order valence-electron chi connectivity index (χ0n) is 17.6. The molecule has 0 aliphatic carbocycles. The second kappa shape index (κ2) is 9.72. The summed E-state index contributed by atoms with van der Waals surface area (Å²) >= 11 is 0. The third-order valence-corrected chi connectivity index (χ3v) is 5.98. The van der Waals surface area contributed by atoms with E-state index in [-0.39, 0.29) is 23.6 Å². The molecule has 1 aromatic carbocycles. The van der Waals surface area contributed by atoms with Gasteiger partial charge in [-0.05, 0) is 37.0 Å². The number of nitrogens with zero attached hydrogens (tertiary/aromatic N) is 5. The average Bonchev–Trinajstić information content (AvgIpc) is 3.46. The van der Waals surface area contributed by atoms with E-state index in [1.165, 1.54) is 6.33 Å². The van der Waals surface area contributed by atoms with Gasteiger partial charge in [-0.1, -0.05) is 12.1 Å². The number of hydrogen-bond donors (Lipinski definition) is 1. The van der Waals surface area contributed by atoms with Crippen molar-refractivity contribution in [2.75, 3.05) is 26.2 Å². The Morgan fingerprint density at radius 2 is 1.84 bits per heavy atom. The molecule has 2 saturated heterocycles. The molecule has 2 aliphatic heterocycles. The predicted molar refractivity (Wildman–Crippen MR) is 113 cm³/mol. The van der Waals surface area contributed by atoms with Crippen LogP contribution in [0.5, 0.6) is 0 Å². The zero-order chi connectivity index (χ0) is 21.6. The maximum Gasteiger partial charge on any atom is 0.225 e. The number of likely N-dealkylation sites (tertiary alicyclic amines) is 2.